The van der Waals surface area contributed by atoms with Crippen molar-refractivity contribution in [2.45, 2.75) is 6.54 Å². The first-order valence-electron chi connectivity index (χ1n) is 5.11. The second-order valence-corrected chi connectivity index (χ2v) is 5.57. The molecule has 18 heavy (non-hydrogen) atoms. The van der Waals surface area contributed by atoms with Crippen LogP contribution in [0.2, 0.25) is 0 Å². The van der Waals surface area contributed by atoms with Crippen molar-refractivity contribution in [3.05, 3.63) is 49.4 Å². The first-order valence-corrected chi connectivity index (χ1v) is 6.78. The molecule has 0 aliphatic carbocycles. The number of aromatic nitrogens is 1. The van der Waals surface area contributed by atoms with E-state index in [1.165, 1.54) is 17.4 Å². The molecular weight excluding hydrogens is 318 g/mol. The van der Waals surface area contributed by atoms with E-state index in [9.17, 15) is 10.1 Å². The molecule has 0 bridgehead atoms. The molecule has 5 nitrogen and oxygen atoms in total. The first-order chi connectivity index (χ1) is 8.58. The molecule has 0 aliphatic heterocycles. The van der Waals surface area contributed by atoms with Crippen LogP contribution in [0.25, 0.3) is 0 Å². The Balaban J connectivity index is 2.31. The summed E-state index contributed by atoms with van der Waals surface area (Å²) in [6, 6.07) is 4.91. The average Bonchev–Trinajstić information content (AvgIpc) is 2.81. The number of thiazole rings is 1. The summed E-state index contributed by atoms with van der Waals surface area (Å²) in [6.45, 7) is 0.551. The lowest BCUT2D eigenvalue weighted by atomic mass is 10.2. The molecular formula is C11H10BrN3O2S. The van der Waals surface area contributed by atoms with Crippen molar-refractivity contribution in [3.63, 3.8) is 0 Å². The molecule has 1 aromatic heterocycles. The van der Waals surface area contributed by atoms with Gasteiger partial charge in [-0.15, -0.1) is 11.3 Å². The Kier molecular flexibility index (Phi) is 3.93. The van der Waals surface area contributed by atoms with Gasteiger partial charge in [0.15, 0.2) is 0 Å². The van der Waals surface area contributed by atoms with Crippen LogP contribution in [-0.4, -0.2) is 17.0 Å². The summed E-state index contributed by atoms with van der Waals surface area (Å²) in [7, 11) is 1.82. The standard InChI is InChI=1S/C11H10BrN3O2S/c1-14(7-11-13-4-5-18-11)10-6-8(12)2-3-9(10)15(16)17/h2-6H,7H2,1H3. The van der Waals surface area contributed by atoms with Crippen molar-refractivity contribution in [1.82, 2.24) is 4.98 Å². The van der Waals surface area contributed by atoms with Crippen LogP contribution >= 0.6 is 27.3 Å². The Bertz CT molecular complexity index is 559. The molecule has 2 aromatic rings. The minimum absolute atomic E-state index is 0.0947. The summed E-state index contributed by atoms with van der Waals surface area (Å²) in [5, 5.41) is 13.8. The third-order valence-corrected chi connectivity index (χ3v) is 3.66. The highest BCUT2D eigenvalue weighted by Crippen LogP contribution is 2.31. The maximum atomic E-state index is 11.0. The molecule has 0 saturated carbocycles. The van der Waals surface area contributed by atoms with Crippen molar-refractivity contribution in [1.29, 1.82) is 0 Å². The fourth-order valence-electron chi connectivity index (χ4n) is 1.58. The molecule has 94 valence electrons. The summed E-state index contributed by atoms with van der Waals surface area (Å²) < 4.78 is 0.814. The van der Waals surface area contributed by atoms with E-state index in [2.05, 4.69) is 20.9 Å². The summed E-state index contributed by atoms with van der Waals surface area (Å²) in [5.74, 6) is 0. The SMILES string of the molecule is CN(Cc1nccs1)c1cc(Br)ccc1[N+](=O)[O-]. The molecule has 0 aliphatic rings. The van der Waals surface area contributed by atoms with Gasteiger partial charge in [0.1, 0.15) is 10.7 Å². The summed E-state index contributed by atoms with van der Waals surface area (Å²) in [5.41, 5.74) is 0.668. The highest BCUT2D eigenvalue weighted by Gasteiger charge is 2.17. The molecule has 0 fully saturated rings. The zero-order valence-corrected chi connectivity index (χ0v) is 11.9. The number of nitro groups is 1. The third kappa shape index (κ3) is 2.85. The zero-order valence-electron chi connectivity index (χ0n) is 9.54. The fourth-order valence-corrected chi connectivity index (χ4v) is 2.59. The van der Waals surface area contributed by atoms with E-state index < -0.39 is 0 Å². The van der Waals surface area contributed by atoms with Crippen LogP contribution in [0.5, 0.6) is 0 Å². The Morgan fingerprint density at radius 3 is 2.94 bits per heavy atom. The zero-order chi connectivity index (χ0) is 13.1. The van der Waals surface area contributed by atoms with Crippen molar-refractivity contribution < 1.29 is 4.92 Å². The highest BCUT2D eigenvalue weighted by atomic mass is 79.9. The third-order valence-electron chi connectivity index (χ3n) is 2.40. The molecule has 1 heterocycles. The summed E-state index contributed by atoms with van der Waals surface area (Å²) in [6.07, 6.45) is 1.73. The van der Waals surface area contributed by atoms with Gasteiger partial charge < -0.3 is 4.90 Å². The monoisotopic (exact) mass is 327 g/mol. The smallest absolute Gasteiger partial charge is 0.292 e. The molecule has 7 heteroatoms. The first kappa shape index (κ1) is 13.0. The fraction of sp³-hybridized carbons (Fsp3) is 0.182. The predicted molar refractivity (Wildman–Crippen MR) is 75.0 cm³/mol. The second-order valence-electron chi connectivity index (χ2n) is 3.67. The van der Waals surface area contributed by atoms with Gasteiger partial charge in [-0.25, -0.2) is 4.98 Å². The average molecular weight is 328 g/mol. The Hall–Kier alpha value is -1.47. The number of halogens is 1. The van der Waals surface area contributed by atoms with Crippen molar-refractivity contribution >= 4 is 38.6 Å². The lowest BCUT2D eigenvalue weighted by Crippen LogP contribution is -2.17. The largest absolute Gasteiger partial charge is 0.362 e. The van der Waals surface area contributed by atoms with Crippen LogP contribution in [0.3, 0.4) is 0 Å². The normalized spacial score (nSPS) is 10.3. The second kappa shape index (κ2) is 5.45. The topological polar surface area (TPSA) is 59.3 Å². The minimum Gasteiger partial charge on any atom is -0.362 e. The quantitative estimate of drug-likeness (QED) is 0.637. The summed E-state index contributed by atoms with van der Waals surface area (Å²) in [4.78, 5) is 16.6. The molecule has 0 saturated heterocycles. The van der Waals surface area contributed by atoms with E-state index in [0.717, 1.165) is 9.48 Å². The van der Waals surface area contributed by atoms with E-state index in [-0.39, 0.29) is 10.6 Å². The van der Waals surface area contributed by atoms with Crippen molar-refractivity contribution in [3.8, 4) is 0 Å². The van der Waals surface area contributed by atoms with Gasteiger partial charge in [-0.2, -0.15) is 0 Å². The van der Waals surface area contributed by atoms with E-state index >= 15 is 0 Å². The predicted octanol–water partition coefficient (Wildman–Crippen LogP) is 3.45. The van der Waals surface area contributed by atoms with Crippen LogP contribution in [0.1, 0.15) is 5.01 Å². The molecule has 0 N–H and O–H groups in total. The van der Waals surface area contributed by atoms with E-state index in [1.54, 1.807) is 18.3 Å². The van der Waals surface area contributed by atoms with Crippen molar-refractivity contribution in [2.24, 2.45) is 0 Å². The molecule has 1 aromatic carbocycles. The lowest BCUT2D eigenvalue weighted by molar-refractivity contribution is -0.384. The number of hydrogen-bond donors (Lipinski definition) is 0. The Labute approximate surface area is 116 Å². The number of nitro benzene ring substituents is 1. The molecule has 2 rings (SSSR count). The van der Waals surface area contributed by atoms with Crippen molar-refractivity contribution in [2.75, 3.05) is 11.9 Å². The lowest BCUT2D eigenvalue weighted by Gasteiger charge is -2.17. The van der Waals surface area contributed by atoms with E-state index in [1.807, 2.05) is 17.3 Å². The number of anilines is 1. The van der Waals surface area contributed by atoms with Crippen LogP contribution in [0.15, 0.2) is 34.2 Å². The number of rotatable bonds is 4. The number of nitrogens with zero attached hydrogens (tertiary/aromatic N) is 3. The summed E-state index contributed by atoms with van der Waals surface area (Å²) >= 11 is 4.86. The van der Waals surface area contributed by atoms with Gasteiger partial charge >= 0.3 is 0 Å². The van der Waals surface area contributed by atoms with Crippen LogP contribution in [0.4, 0.5) is 11.4 Å². The minimum atomic E-state index is -0.375. The number of benzene rings is 1. The maximum absolute atomic E-state index is 11.0. The molecule has 0 unspecified atom stereocenters. The number of hydrogen-bond acceptors (Lipinski definition) is 5. The van der Waals surface area contributed by atoms with Gasteiger partial charge in [-0.3, -0.25) is 10.1 Å². The molecule has 0 amide bonds. The van der Waals surface area contributed by atoms with Gasteiger partial charge in [-0.05, 0) is 12.1 Å². The Morgan fingerprint density at radius 1 is 1.56 bits per heavy atom. The maximum Gasteiger partial charge on any atom is 0.292 e. The van der Waals surface area contributed by atoms with Gasteiger partial charge in [0.05, 0.1) is 11.5 Å². The van der Waals surface area contributed by atoms with E-state index in [0.29, 0.717) is 12.2 Å². The molecule has 0 radical (unpaired) electrons. The molecule has 0 atom stereocenters. The van der Waals surface area contributed by atoms with Gasteiger partial charge in [-0.1, -0.05) is 15.9 Å². The van der Waals surface area contributed by atoms with Crippen LogP contribution in [-0.2, 0) is 6.54 Å². The van der Waals surface area contributed by atoms with E-state index in [4.69, 9.17) is 0 Å². The van der Waals surface area contributed by atoms with Gasteiger partial charge in [0, 0.05) is 29.2 Å². The van der Waals surface area contributed by atoms with Gasteiger partial charge in [0.25, 0.3) is 5.69 Å². The van der Waals surface area contributed by atoms with Crippen LogP contribution < -0.4 is 4.90 Å². The molecule has 0 spiro atoms. The highest BCUT2D eigenvalue weighted by molar-refractivity contribution is 9.10. The Morgan fingerprint density at radius 2 is 2.33 bits per heavy atom. The van der Waals surface area contributed by atoms with Gasteiger partial charge in [0.2, 0.25) is 0 Å². The van der Waals surface area contributed by atoms with Crippen LogP contribution in [0, 0.1) is 10.1 Å².